The summed E-state index contributed by atoms with van der Waals surface area (Å²) in [5.74, 6) is 2.19. The number of amides is 1. The average Bonchev–Trinajstić information content (AvgIpc) is 3.41. The standard InChI is InChI=1S/C22H21ClN6O3/c1-12(20-17-10-31-18-8-14(23)4-5-15(18)28(17)11-25-20)26-21-24-7-6-19(27-21)29-16(13-2-3-13)9-32-22(29)30/h4-8,11-13,16H,2-3,9-10H2,1H3,(H,24,26,27)/t12?,16-/m1/s1. The van der Waals surface area contributed by atoms with Crippen LogP contribution in [0.15, 0.2) is 36.8 Å². The Morgan fingerprint density at radius 1 is 1.22 bits per heavy atom. The lowest BCUT2D eigenvalue weighted by Crippen LogP contribution is -2.35. The number of halogens is 1. The van der Waals surface area contributed by atoms with E-state index in [0.717, 1.165) is 35.7 Å². The minimum atomic E-state index is -0.348. The average molecular weight is 453 g/mol. The number of fused-ring (bicyclic) bond motifs is 3. The number of hydrogen-bond acceptors (Lipinski definition) is 7. The summed E-state index contributed by atoms with van der Waals surface area (Å²) in [6, 6.07) is 7.17. The van der Waals surface area contributed by atoms with Gasteiger partial charge >= 0.3 is 6.09 Å². The molecule has 2 aromatic heterocycles. The molecule has 1 aromatic carbocycles. The number of carbonyl (C=O) groups is 1. The fourth-order valence-electron chi connectivity index (χ4n) is 4.39. The van der Waals surface area contributed by atoms with Crippen LogP contribution >= 0.6 is 11.6 Å². The van der Waals surface area contributed by atoms with Crippen LogP contribution in [0, 0.1) is 5.92 Å². The molecular weight excluding hydrogens is 432 g/mol. The molecule has 1 aliphatic carbocycles. The third-order valence-electron chi connectivity index (χ3n) is 6.16. The molecule has 2 fully saturated rings. The van der Waals surface area contributed by atoms with Gasteiger partial charge in [-0.05, 0) is 43.9 Å². The number of carbonyl (C=O) groups excluding carboxylic acids is 1. The molecular formula is C22H21ClN6O3. The normalized spacial score (nSPS) is 20.2. The van der Waals surface area contributed by atoms with Crippen LogP contribution in [0.5, 0.6) is 5.75 Å². The Morgan fingerprint density at radius 2 is 2.09 bits per heavy atom. The summed E-state index contributed by atoms with van der Waals surface area (Å²) in [6.45, 7) is 2.80. The van der Waals surface area contributed by atoms with Gasteiger partial charge in [-0.15, -0.1) is 0 Å². The number of aromatic nitrogens is 4. The molecule has 3 aliphatic rings. The molecule has 1 N–H and O–H groups in total. The highest BCUT2D eigenvalue weighted by atomic mass is 35.5. The van der Waals surface area contributed by atoms with Crippen LogP contribution in [-0.2, 0) is 11.3 Å². The maximum Gasteiger partial charge on any atom is 0.415 e. The number of cyclic esters (lactones) is 1. The van der Waals surface area contributed by atoms with Gasteiger partial charge in [0.15, 0.2) is 0 Å². The first-order valence-electron chi connectivity index (χ1n) is 10.6. The highest BCUT2D eigenvalue weighted by Crippen LogP contribution is 2.40. The van der Waals surface area contributed by atoms with Crippen LogP contribution in [-0.4, -0.2) is 38.3 Å². The maximum atomic E-state index is 12.3. The Hall–Kier alpha value is -3.33. The Labute approximate surface area is 189 Å². The first kappa shape index (κ1) is 19.4. The number of ether oxygens (including phenoxy) is 2. The van der Waals surface area contributed by atoms with Gasteiger partial charge in [-0.1, -0.05) is 11.6 Å². The van der Waals surface area contributed by atoms with E-state index in [1.807, 2.05) is 23.6 Å². The quantitative estimate of drug-likeness (QED) is 0.622. The molecule has 0 radical (unpaired) electrons. The Bertz CT molecular complexity index is 1210. The number of rotatable bonds is 5. The van der Waals surface area contributed by atoms with Crippen molar-refractivity contribution >= 4 is 29.5 Å². The largest absolute Gasteiger partial charge is 0.485 e. The fraction of sp³-hybridized carbons (Fsp3) is 0.364. The molecule has 32 heavy (non-hydrogen) atoms. The molecule has 10 heteroatoms. The first-order chi connectivity index (χ1) is 15.6. The van der Waals surface area contributed by atoms with Crippen LogP contribution in [0.4, 0.5) is 16.6 Å². The molecule has 1 amide bonds. The van der Waals surface area contributed by atoms with Crippen molar-refractivity contribution in [3.63, 3.8) is 0 Å². The van der Waals surface area contributed by atoms with Crippen LogP contribution in [0.1, 0.15) is 37.2 Å². The van der Waals surface area contributed by atoms with Gasteiger partial charge in [0.1, 0.15) is 31.1 Å². The third-order valence-corrected chi connectivity index (χ3v) is 6.40. The van der Waals surface area contributed by atoms with Gasteiger partial charge in [-0.25, -0.2) is 14.8 Å². The van der Waals surface area contributed by atoms with Gasteiger partial charge in [0.05, 0.1) is 29.2 Å². The zero-order valence-electron chi connectivity index (χ0n) is 17.4. The lowest BCUT2D eigenvalue weighted by Gasteiger charge is -2.23. The SMILES string of the molecule is CC(Nc1nccc(N2C(=O)OC[C@@H]2C2CC2)n1)c1ncn2c1COc1cc(Cl)ccc1-2. The zero-order valence-corrected chi connectivity index (χ0v) is 18.1. The summed E-state index contributed by atoms with van der Waals surface area (Å²) in [6.07, 6.45) is 5.33. The summed E-state index contributed by atoms with van der Waals surface area (Å²) in [5, 5.41) is 3.94. The van der Waals surface area contributed by atoms with E-state index >= 15 is 0 Å². The molecule has 1 unspecified atom stereocenters. The molecule has 0 bridgehead atoms. The van der Waals surface area contributed by atoms with Gasteiger partial charge in [0.2, 0.25) is 5.95 Å². The van der Waals surface area contributed by atoms with E-state index in [4.69, 9.17) is 21.1 Å². The number of nitrogens with one attached hydrogen (secondary N) is 1. The molecule has 9 nitrogen and oxygen atoms in total. The Morgan fingerprint density at radius 3 is 2.94 bits per heavy atom. The van der Waals surface area contributed by atoms with Crippen molar-refractivity contribution in [1.29, 1.82) is 0 Å². The van der Waals surface area contributed by atoms with Gasteiger partial charge in [0, 0.05) is 17.3 Å². The highest BCUT2D eigenvalue weighted by molar-refractivity contribution is 6.30. The highest BCUT2D eigenvalue weighted by Gasteiger charge is 2.44. The van der Waals surface area contributed by atoms with Crippen molar-refractivity contribution in [2.75, 3.05) is 16.8 Å². The van der Waals surface area contributed by atoms with Crippen LogP contribution in [0.25, 0.3) is 5.69 Å². The van der Waals surface area contributed by atoms with Crippen molar-refractivity contribution in [1.82, 2.24) is 19.5 Å². The second-order valence-corrected chi connectivity index (χ2v) is 8.74. The van der Waals surface area contributed by atoms with Gasteiger partial charge in [-0.3, -0.25) is 9.47 Å². The summed E-state index contributed by atoms with van der Waals surface area (Å²) in [7, 11) is 0. The molecule has 6 rings (SSSR count). The molecule has 2 aliphatic heterocycles. The fourth-order valence-corrected chi connectivity index (χ4v) is 4.55. The summed E-state index contributed by atoms with van der Waals surface area (Å²) in [4.78, 5) is 27.5. The van der Waals surface area contributed by atoms with E-state index in [1.54, 1.807) is 29.6 Å². The van der Waals surface area contributed by atoms with Crippen molar-refractivity contribution in [2.45, 2.75) is 38.5 Å². The van der Waals surface area contributed by atoms with Crippen LogP contribution in [0.2, 0.25) is 5.02 Å². The van der Waals surface area contributed by atoms with Crippen molar-refractivity contribution in [3.8, 4) is 11.4 Å². The number of imidazole rings is 1. The lowest BCUT2D eigenvalue weighted by atomic mass is 10.1. The summed E-state index contributed by atoms with van der Waals surface area (Å²) >= 11 is 6.09. The number of hydrogen-bond donors (Lipinski definition) is 1. The number of nitrogens with zero attached hydrogens (tertiary/aromatic N) is 5. The van der Waals surface area contributed by atoms with E-state index in [-0.39, 0.29) is 18.2 Å². The Balaban J connectivity index is 1.25. The molecule has 1 saturated heterocycles. The number of anilines is 2. The van der Waals surface area contributed by atoms with Crippen LogP contribution in [0.3, 0.4) is 0 Å². The monoisotopic (exact) mass is 452 g/mol. The van der Waals surface area contributed by atoms with E-state index in [9.17, 15) is 4.79 Å². The third kappa shape index (κ3) is 3.24. The summed E-state index contributed by atoms with van der Waals surface area (Å²) in [5.41, 5.74) is 2.70. The van der Waals surface area contributed by atoms with Gasteiger partial charge < -0.3 is 14.8 Å². The van der Waals surface area contributed by atoms with Crippen molar-refractivity contribution < 1.29 is 14.3 Å². The minimum Gasteiger partial charge on any atom is -0.485 e. The molecule has 164 valence electrons. The topological polar surface area (TPSA) is 94.4 Å². The van der Waals surface area contributed by atoms with Crippen molar-refractivity contribution in [2.24, 2.45) is 5.92 Å². The van der Waals surface area contributed by atoms with Gasteiger partial charge in [0.25, 0.3) is 0 Å². The van der Waals surface area contributed by atoms with E-state index in [1.165, 1.54) is 0 Å². The maximum absolute atomic E-state index is 12.3. The molecule has 3 aromatic rings. The second kappa shape index (κ2) is 7.37. The predicted molar refractivity (Wildman–Crippen MR) is 117 cm³/mol. The van der Waals surface area contributed by atoms with E-state index in [2.05, 4.69) is 20.3 Å². The van der Waals surface area contributed by atoms with Crippen molar-refractivity contribution in [3.05, 3.63) is 53.2 Å². The first-order valence-corrected chi connectivity index (χ1v) is 11.0. The predicted octanol–water partition coefficient (Wildman–Crippen LogP) is 4.12. The zero-order chi connectivity index (χ0) is 21.8. The molecule has 1 saturated carbocycles. The number of benzene rings is 1. The summed E-state index contributed by atoms with van der Waals surface area (Å²) < 4.78 is 13.2. The van der Waals surface area contributed by atoms with Gasteiger partial charge in [-0.2, -0.15) is 4.98 Å². The van der Waals surface area contributed by atoms with E-state index in [0.29, 0.717) is 35.9 Å². The molecule has 2 atom stereocenters. The van der Waals surface area contributed by atoms with Crippen LogP contribution < -0.4 is 15.0 Å². The Kier molecular flexibility index (Phi) is 4.46. The smallest absolute Gasteiger partial charge is 0.415 e. The minimum absolute atomic E-state index is 0.0496. The second-order valence-electron chi connectivity index (χ2n) is 8.30. The van der Waals surface area contributed by atoms with E-state index < -0.39 is 0 Å². The molecule has 0 spiro atoms. The lowest BCUT2D eigenvalue weighted by molar-refractivity contribution is 0.178. The molecule has 4 heterocycles.